The Labute approximate surface area is 150 Å². The molecule has 2 saturated heterocycles. The molecule has 0 aromatic heterocycles. The van der Waals surface area contributed by atoms with E-state index < -0.39 is 23.2 Å². The van der Waals surface area contributed by atoms with Gasteiger partial charge in [-0.05, 0) is 37.5 Å². The second-order valence-electron chi connectivity index (χ2n) is 6.85. The summed E-state index contributed by atoms with van der Waals surface area (Å²) in [6.45, 7) is 1.64. The van der Waals surface area contributed by atoms with Crippen molar-refractivity contribution in [1.82, 2.24) is 5.01 Å². The maximum Gasteiger partial charge on any atom is 0.418 e. The molecule has 9 heteroatoms. The number of nitrogens with two attached hydrogens (primary N) is 1. The fourth-order valence-corrected chi connectivity index (χ4v) is 3.28. The van der Waals surface area contributed by atoms with Crippen molar-refractivity contribution in [2.75, 3.05) is 43.7 Å². The van der Waals surface area contributed by atoms with Crippen molar-refractivity contribution >= 4 is 17.3 Å². The summed E-state index contributed by atoms with van der Waals surface area (Å²) >= 11 is 0. The van der Waals surface area contributed by atoms with Gasteiger partial charge in [0, 0.05) is 32.4 Å². The molecule has 1 aromatic rings. The smallest absolute Gasteiger partial charge is 0.379 e. The molecule has 2 aliphatic rings. The van der Waals surface area contributed by atoms with Crippen molar-refractivity contribution < 1.29 is 22.7 Å². The molecule has 1 aromatic carbocycles. The van der Waals surface area contributed by atoms with Crippen molar-refractivity contribution in [2.45, 2.75) is 31.0 Å². The number of alkyl halides is 3. The highest BCUT2D eigenvalue weighted by Gasteiger charge is 2.39. The van der Waals surface area contributed by atoms with Crippen LogP contribution in [0.2, 0.25) is 0 Å². The summed E-state index contributed by atoms with van der Waals surface area (Å²) in [6, 6.07) is 3.84. The molecule has 2 aliphatic heterocycles. The highest BCUT2D eigenvalue weighted by atomic mass is 19.4. The van der Waals surface area contributed by atoms with E-state index in [2.05, 4.69) is 5.32 Å². The minimum Gasteiger partial charge on any atom is -0.379 e. The summed E-state index contributed by atoms with van der Waals surface area (Å²) < 4.78 is 46.0. The third-order valence-electron chi connectivity index (χ3n) is 4.86. The molecule has 1 unspecified atom stereocenters. The number of amides is 1. The van der Waals surface area contributed by atoms with Gasteiger partial charge >= 0.3 is 6.18 Å². The normalized spacial score (nSPS) is 24.7. The SMILES string of the molecule is CN1CCCCN1c1ccc(NC(=O)C2(N)CCOC2)cc1C(F)(F)F. The Balaban J connectivity index is 1.88. The quantitative estimate of drug-likeness (QED) is 0.851. The monoisotopic (exact) mass is 372 g/mol. The number of carbonyl (C=O) groups is 1. The Morgan fingerprint density at radius 3 is 2.65 bits per heavy atom. The van der Waals surface area contributed by atoms with Gasteiger partial charge in [0.1, 0.15) is 5.54 Å². The molecule has 0 saturated carbocycles. The van der Waals surface area contributed by atoms with Gasteiger partial charge in [-0.2, -0.15) is 13.2 Å². The zero-order valence-electron chi connectivity index (χ0n) is 14.6. The molecular weight excluding hydrogens is 349 g/mol. The van der Waals surface area contributed by atoms with E-state index in [1.165, 1.54) is 12.1 Å². The number of hydrazine groups is 1. The first-order valence-corrected chi connectivity index (χ1v) is 8.59. The summed E-state index contributed by atoms with van der Waals surface area (Å²) in [5, 5.41) is 5.92. The van der Waals surface area contributed by atoms with E-state index in [-0.39, 0.29) is 18.0 Å². The van der Waals surface area contributed by atoms with Crippen LogP contribution in [0.4, 0.5) is 24.5 Å². The molecular formula is C17H23F3N4O2. The summed E-state index contributed by atoms with van der Waals surface area (Å²) in [4.78, 5) is 12.3. The maximum absolute atomic E-state index is 13.6. The number of halogens is 3. The van der Waals surface area contributed by atoms with Crippen LogP contribution in [0.5, 0.6) is 0 Å². The van der Waals surface area contributed by atoms with Crippen LogP contribution in [0, 0.1) is 0 Å². The van der Waals surface area contributed by atoms with Gasteiger partial charge < -0.3 is 20.8 Å². The Bertz CT molecular complexity index is 674. The number of hydrogen-bond donors (Lipinski definition) is 2. The van der Waals surface area contributed by atoms with Crippen LogP contribution in [0.15, 0.2) is 18.2 Å². The highest BCUT2D eigenvalue weighted by molar-refractivity contribution is 5.98. The van der Waals surface area contributed by atoms with E-state index in [1.807, 2.05) is 0 Å². The largest absolute Gasteiger partial charge is 0.418 e. The third-order valence-corrected chi connectivity index (χ3v) is 4.86. The fourth-order valence-electron chi connectivity index (χ4n) is 3.28. The minimum absolute atomic E-state index is 0.0572. The first kappa shape index (κ1) is 18.9. The van der Waals surface area contributed by atoms with Crippen molar-refractivity contribution in [3.05, 3.63) is 23.8 Å². The topological polar surface area (TPSA) is 70.8 Å². The van der Waals surface area contributed by atoms with Gasteiger partial charge in [-0.15, -0.1) is 0 Å². The fraction of sp³-hybridized carbons (Fsp3) is 0.588. The van der Waals surface area contributed by atoms with Gasteiger partial charge in [0.25, 0.3) is 0 Å². The molecule has 6 nitrogen and oxygen atoms in total. The lowest BCUT2D eigenvalue weighted by molar-refractivity contribution is -0.137. The van der Waals surface area contributed by atoms with Crippen molar-refractivity contribution in [3.63, 3.8) is 0 Å². The molecule has 0 aliphatic carbocycles. The second-order valence-corrected chi connectivity index (χ2v) is 6.85. The van der Waals surface area contributed by atoms with Crippen LogP contribution in [0.1, 0.15) is 24.8 Å². The van der Waals surface area contributed by atoms with Gasteiger partial charge in [0.2, 0.25) is 5.91 Å². The van der Waals surface area contributed by atoms with Gasteiger partial charge in [-0.3, -0.25) is 4.79 Å². The Hall–Kier alpha value is -1.84. The summed E-state index contributed by atoms with van der Waals surface area (Å²) in [6.07, 6.45) is -2.42. The summed E-state index contributed by atoms with van der Waals surface area (Å²) in [5.74, 6) is -0.536. The lowest BCUT2D eigenvalue weighted by Gasteiger charge is -2.39. The number of ether oxygens (including phenoxy) is 1. The number of nitrogens with zero attached hydrogens (tertiary/aromatic N) is 2. The Morgan fingerprint density at radius 1 is 1.31 bits per heavy atom. The lowest BCUT2D eigenvalue weighted by Crippen LogP contribution is -2.51. The van der Waals surface area contributed by atoms with Crippen molar-refractivity contribution in [2.24, 2.45) is 5.73 Å². The molecule has 26 heavy (non-hydrogen) atoms. The Morgan fingerprint density at radius 2 is 2.04 bits per heavy atom. The van der Waals surface area contributed by atoms with Crippen LogP contribution in [-0.4, -0.2) is 49.8 Å². The van der Waals surface area contributed by atoms with Gasteiger partial charge in [0.15, 0.2) is 0 Å². The molecule has 0 spiro atoms. The average molecular weight is 372 g/mol. The molecule has 2 fully saturated rings. The first-order chi connectivity index (χ1) is 12.2. The van der Waals surface area contributed by atoms with Gasteiger partial charge in [-0.25, -0.2) is 5.01 Å². The first-order valence-electron chi connectivity index (χ1n) is 8.59. The number of hydrogen-bond acceptors (Lipinski definition) is 5. The molecule has 0 bridgehead atoms. The van der Waals surface area contributed by atoms with Crippen LogP contribution < -0.4 is 16.1 Å². The second kappa shape index (κ2) is 7.05. The molecule has 1 atom stereocenters. The maximum atomic E-state index is 13.6. The molecule has 2 heterocycles. The number of nitrogens with one attached hydrogen (secondary N) is 1. The zero-order chi connectivity index (χ0) is 18.9. The highest BCUT2D eigenvalue weighted by Crippen LogP contribution is 2.39. The van der Waals surface area contributed by atoms with E-state index in [4.69, 9.17) is 10.5 Å². The van der Waals surface area contributed by atoms with E-state index in [0.29, 0.717) is 26.1 Å². The third kappa shape index (κ3) is 3.79. The van der Waals surface area contributed by atoms with Crippen LogP contribution >= 0.6 is 0 Å². The van der Waals surface area contributed by atoms with E-state index in [1.54, 1.807) is 17.1 Å². The average Bonchev–Trinajstić information content (AvgIpc) is 3.03. The molecule has 0 radical (unpaired) electrons. The number of rotatable bonds is 3. The minimum atomic E-state index is -4.54. The van der Waals surface area contributed by atoms with Gasteiger partial charge in [0.05, 0.1) is 17.9 Å². The molecule has 144 valence electrons. The predicted octanol–water partition coefficient (Wildman–Crippen LogP) is 2.21. The van der Waals surface area contributed by atoms with Crippen LogP contribution in [0.25, 0.3) is 0 Å². The van der Waals surface area contributed by atoms with Gasteiger partial charge in [-0.1, -0.05) is 0 Å². The number of carbonyl (C=O) groups excluding carboxylic acids is 1. The molecule has 1 amide bonds. The molecule has 3 rings (SSSR count). The van der Waals surface area contributed by atoms with Crippen LogP contribution in [0.3, 0.4) is 0 Å². The lowest BCUT2D eigenvalue weighted by atomic mass is 9.99. The van der Waals surface area contributed by atoms with Crippen LogP contribution in [-0.2, 0) is 15.7 Å². The standard InChI is InChI=1S/C17H23F3N4O2/c1-23-7-2-3-8-24(23)14-5-4-12(10-13(14)17(18,19)20)22-15(25)16(21)6-9-26-11-16/h4-5,10H,2-3,6-9,11,21H2,1H3,(H,22,25). The number of benzene rings is 1. The van der Waals surface area contributed by atoms with Crippen molar-refractivity contribution in [1.29, 1.82) is 0 Å². The summed E-state index contributed by atoms with van der Waals surface area (Å²) in [5.41, 5.74) is 4.14. The van der Waals surface area contributed by atoms with E-state index >= 15 is 0 Å². The number of anilines is 2. The molecule has 3 N–H and O–H groups in total. The summed E-state index contributed by atoms with van der Waals surface area (Å²) in [7, 11) is 1.77. The Kier molecular flexibility index (Phi) is 5.14. The predicted molar refractivity (Wildman–Crippen MR) is 91.6 cm³/mol. The van der Waals surface area contributed by atoms with E-state index in [9.17, 15) is 18.0 Å². The van der Waals surface area contributed by atoms with Crippen molar-refractivity contribution in [3.8, 4) is 0 Å². The van der Waals surface area contributed by atoms with E-state index in [0.717, 1.165) is 18.9 Å². The zero-order valence-corrected chi connectivity index (χ0v) is 14.6.